The quantitative estimate of drug-likeness (QED) is 0.225. The van der Waals surface area contributed by atoms with Gasteiger partial charge in [0.25, 0.3) is 0 Å². The molecule has 0 bridgehead atoms. The van der Waals surface area contributed by atoms with Crippen LogP contribution < -0.4 is 15.4 Å². The molecule has 176 valence electrons. The molecule has 0 radical (unpaired) electrons. The van der Waals surface area contributed by atoms with E-state index in [9.17, 15) is 8.42 Å². The Kier molecular flexibility index (Phi) is 9.14. The summed E-state index contributed by atoms with van der Waals surface area (Å²) in [7, 11) is -3.27. The van der Waals surface area contributed by atoms with Crippen LogP contribution in [0.5, 0.6) is 0 Å². The van der Waals surface area contributed by atoms with Gasteiger partial charge in [0.15, 0.2) is 0 Å². The Labute approximate surface area is 201 Å². The van der Waals surface area contributed by atoms with Gasteiger partial charge in [0.2, 0.25) is 10.0 Å². The number of rotatable bonds is 12. The molecule has 1 aromatic heterocycles. The van der Waals surface area contributed by atoms with Crippen LogP contribution in [0.1, 0.15) is 12.0 Å². The second kappa shape index (κ2) is 12.0. The molecule has 0 aliphatic heterocycles. The van der Waals surface area contributed by atoms with Crippen LogP contribution in [0.15, 0.2) is 72.9 Å². The van der Waals surface area contributed by atoms with E-state index in [0.29, 0.717) is 26.1 Å². The minimum Gasteiger partial charge on any atom is -0.383 e. The molecule has 33 heavy (non-hydrogen) atoms. The summed E-state index contributed by atoms with van der Waals surface area (Å²) in [4.78, 5) is 3.28. The first-order chi connectivity index (χ1) is 15.6. The maximum atomic E-state index is 12.2. The lowest BCUT2D eigenvalue weighted by atomic mass is 10.1. The number of sulfonamides is 1. The van der Waals surface area contributed by atoms with Gasteiger partial charge in [-0.3, -0.25) is 0 Å². The van der Waals surface area contributed by atoms with Crippen molar-refractivity contribution in [2.24, 2.45) is 0 Å². The highest BCUT2D eigenvalue weighted by molar-refractivity contribution is 7.89. The zero-order valence-corrected chi connectivity index (χ0v) is 20.1. The molecule has 4 rings (SSSR count). The van der Waals surface area contributed by atoms with Gasteiger partial charge < -0.3 is 15.6 Å². The number of anilines is 1. The summed E-state index contributed by atoms with van der Waals surface area (Å²) in [5.41, 5.74) is 3.44. The third kappa shape index (κ3) is 6.95. The molecule has 4 N–H and O–H groups in total. The van der Waals surface area contributed by atoms with E-state index in [1.54, 1.807) is 0 Å². The molecular formula is C25H31ClN4O2S. The van der Waals surface area contributed by atoms with E-state index in [-0.39, 0.29) is 18.2 Å². The second-order valence-electron chi connectivity index (χ2n) is 7.88. The number of benzene rings is 3. The summed E-state index contributed by atoms with van der Waals surface area (Å²) >= 11 is 0. The van der Waals surface area contributed by atoms with Crippen molar-refractivity contribution < 1.29 is 8.42 Å². The van der Waals surface area contributed by atoms with Crippen LogP contribution in [0, 0.1) is 0 Å². The average Bonchev–Trinajstić information content (AvgIpc) is 3.22. The normalized spacial score (nSPS) is 11.5. The minimum atomic E-state index is -3.27. The van der Waals surface area contributed by atoms with Crippen LogP contribution in [-0.2, 0) is 16.4 Å². The third-order valence-electron chi connectivity index (χ3n) is 5.56. The topological polar surface area (TPSA) is 86.0 Å². The molecule has 3 aromatic carbocycles. The fraction of sp³-hybridized carbons (Fsp3) is 0.280. The number of H-pyrrole nitrogens is 1. The Hall–Kier alpha value is -2.58. The summed E-state index contributed by atoms with van der Waals surface area (Å²) in [6, 6.07) is 22.5. The van der Waals surface area contributed by atoms with Crippen molar-refractivity contribution in [3.05, 3.63) is 78.5 Å². The number of fused-ring (bicyclic) bond motifs is 2. The lowest BCUT2D eigenvalue weighted by Gasteiger charge is -2.11. The first-order valence-electron chi connectivity index (χ1n) is 11.1. The first-order valence-corrected chi connectivity index (χ1v) is 12.7. The van der Waals surface area contributed by atoms with Crippen LogP contribution in [0.4, 0.5) is 5.69 Å². The van der Waals surface area contributed by atoms with Gasteiger partial charge in [0.1, 0.15) is 0 Å². The molecule has 1 heterocycles. The SMILES string of the molecule is Cl.O=S(=O)(CCCNCCc1c[nH]c2ccccc12)NCCNc1cccc2ccccc12. The fourth-order valence-corrected chi connectivity index (χ4v) is 5.01. The second-order valence-corrected chi connectivity index (χ2v) is 9.81. The van der Waals surface area contributed by atoms with Gasteiger partial charge in [-0.15, -0.1) is 12.4 Å². The molecule has 0 atom stereocenters. The zero-order valence-electron chi connectivity index (χ0n) is 18.5. The van der Waals surface area contributed by atoms with Crippen LogP contribution in [0.3, 0.4) is 0 Å². The van der Waals surface area contributed by atoms with E-state index < -0.39 is 10.0 Å². The van der Waals surface area contributed by atoms with Gasteiger partial charge >= 0.3 is 0 Å². The van der Waals surface area contributed by atoms with Gasteiger partial charge in [-0.05, 0) is 49.0 Å². The maximum absolute atomic E-state index is 12.2. The van der Waals surface area contributed by atoms with Crippen molar-refractivity contribution in [3.63, 3.8) is 0 Å². The molecule has 8 heteroatoms. The van der Waals surface area contributed by atoms with E-state index in [1.165, 1.54) is 10.9 Å². The van der Waals surface area contributed by atoms with E-state index in [2.05, 4.69) is 50.7 Å². The van der Waals surface area contributed by atoms with Crippen molar-refractivity contribution in [3.8, 4) is 0 Å². The molecule has 0 aliphatic carbocycles. The average molecular weight is 487 g/mol. The Morgan fingerprint density at radius 3 is 2.42 bits per heavy atom. The third-order valence-corrected chi connectivity index (χ3v) is 7.03. The number of hydrogen-bond acceptors (Lipinski definition) is 4. The van der Waals surface area contributed by atoms with Gasteiger partial charge in [-0.1, -0.05) is 54.6 Å². The number of para-hydroxylation sites is 1. The predicted octanol–water partition coefficient (Wildman–Crippen LogP) is 4.30. The van der Waals surface area contributed by atoms with Crippen LogP contribution in [0.2, 0.25) is 0 Å². The molecule has 0 saturated carbocycles. The molecular weight excluding hydrogens is 456 g/mol. The molecule has 4 aromatic rings. The van der Waals surface area contributed by atoms with E-state index >= 15 is 0 Å². The highest BCUT2D eigenvalue weighted by Gasteiger charge is 2.09. The number of hydrogen-bond donors (Lipinski definition) is 4. The van der Waals surface area contributed by atoms with Crippen molar-refractivity contribution in [2.75, 3.05) is 37.2 Å². The molecule has 0 fully saturated rings. The van der Waals surface area contributed by atoms with Crippen LogP contribution in [-0.4, -0.2) is 45.3 Å². The maximum Gasteiger partial charge on any atom is 0.211 e. The number of nitrogens with one attached hydrogen (secondary N) is 4. The molecule has 0 saturated heterocycles. The van der Waals surface area contributed by atoms with Crippen LogP contribution >= 0.6 is 12.4 Å². The van der Waals surface area contributed by atoms with Gasteiger partial charge in [0, 0.05) is 41.3 Å². The predicted molar refractivity (Wildman–Crippen MR) is 141 cm³/mol. The van der Waals surface area contributed by atoms with E-state index in [1.807, 2.05) is 42.6 Å². The van der Waals surface area contributed by atoms with E-state index in [0.717, 1.165) is 34.9 Å². The van der Waals surface area contributed by atoms with E-state index in [4.69, 9.17) is 0 Å². The number of halogens is 1. The Bertz CT molecular complexity index is 1270. The summed E-state index contributed by atoms with van der Waals surface area (Å²) in [5.74, 6) is 0.126. The summed E-state index contributed by atoms with van der Waals surface area (Å²) < 4.78 is 27.2. The zero-order chi connectivity index (χ0) is 22.2. The molecule has 0 unspecified atom stereocenters. The summed E-state index contributed by atoms with van der Waals surface area (Å²) in [6.45, 7) is 2.40. The lowest BCUT2D eigenvalue weighted by molar-refractivity contribution is 0.576. The molecule has 0 spiro atoms. The lowest BCUT2D eigenvalue weighted by Crippen LogP contribution is -2.32. The van der Waals surface area contributed by atoms with Crippen molar-refractivity contribution in [1.82, 2.24) is 15.0 Å². The Balaban J connectivity index is 0.00000306. The number of aromatic amines is 1. The van der Waals surface area contributed by atoms with Crippen molar-refractivity contribution in [1.29, 1.82) is 0 Å². The highest BCUT2D eigenvalue weighted by Crippen LogP contribution is 2.22. The molecule has 6 nitrogen and oxygen atoms in total. The summed E-state index contributed by atoms with van der Waals surface area (Å²) in [5, 5.41) is 10.2. The minimum absolute atomic E-state index is 0. The smallest absolute Gasteiger partial charge is 0.211 e. The highest BCUT2D eigenvalue weighted by atomic mass is 35.5. The molecule has 0 aliphatic rings. The van der Waals surface area contributed by atoms with Gasteiger partial charge in [-0.2, -0.15) is 0 Å². The van der Waals surface area contributed by atoms with Crippen molar-refractivity contribution in [2.45, 2.75) is 12.8 Å². The molecule has 0 amide bonds. The largest absolute Gasteiger partial charge is 0.383 e. The van der Waals surface area contributed by atoms with Gasteiger partial charge in [-0.25, -0.2) is 13.1 Å². The first kappa shape index (κ1) is 25.1. The van der Waals surface area contributed by atoms with Crippen LogP contribution in [0.25, 0.3) is 21.7 Å². The van der Waals surface area contributed by atoms with Crippen molar-refractivity contribution >= 4 is 49.8 Å². The number of aromatic nitrogens is 1. The monoisotopic (exact) mass is 486 g/mol. The standard InChI is InChI=1S/C25H30N4O2S.ClH/c30-32(31,29-17-16-27-24-12-5-8-20-7-1-2-9-22(20)24)18-6-14-26-15-13-21-19-28-25-11-4-3-10-23(21)25;/h1-5,7-12,19,26-29H,6,13-18H2;1H. The Morgan fingerprint density at radius 2 is 1.55 bits per heavy atom. The fourth-order valence-electron chi connectivity index (χ4n) is 3.93. The summed E-state index contributed by atoms with van der Waals surface area (Å²) in [6.07, 6.45) is 3.54. The Morgan fingerprint density at radius 1 is 0.788 bits per heavy atom. The van der Waals surface area contributed by atoms with Gasteiger partial charge in [0.05, 0.1) is 5.75 Å².